The van der Waals surface area contributed by atoms with Crippen molar-refractivity contribution in [3.63, 3.8) is 0 Å². The summed E-state index contributed by atoms with van der Waals surface area (Å²) in [7, 11) is 0. The van der Waals surface area contributed by atoms with Gasteiger partial charge in [-0.25, -0.2) is 0 Å². The van der Waals surface area contributed by atoms with Gasteiger partial charge in [-0.1, -0.05) is 54.2 Å². The van der Waals surface area contributed by atoms with E-state index in [0.717, 1.165) is 17.8 Å². The summed E-state index contributed by atoms with van der Waals surface area (Å²) in [5.41, 5.74) is 10.4. The number of anilines is 1. The van der Waals surface area contributed by atoms with E-state index in [1.54, 1.807) is 0 Å². The fourth-order valence-corrected chi connectivity index (χ4v) is 2.59. The van der Waals surface area contributed by atoms with Crippen molar-refractivity contribution < 1.29 is 0 Å². The number of hydrogen-bond acceptors (Lipinski definition) is 2. The van der Waals surface area contributed by atoms with Gasteiger partial charge in [0.05, 0.1) is 0 Å². The van der Waals surface area contributed by atoms with Gasteiger partial charge in [-0.2, -0.15) is 0 Å². The summed E-state index contributed by atoms with van der Waals surface area (Å²) in [6, 6.07) is 17.1. The third-order valence-corrected chi connectivity index (χ3v) is 3.77. The molecule has 0 spiro atoms. The van der Waals surface area contributed by atoms with Crippen molar-refractivity contribution in [3.05, 3.63) is 65.2 Å². The molecule has 2 aromatic rings. The molecule has 0 fully saturated rings. The molecule has 0 radical (unpaired) electrons. The second-order valence-corrected chi connectivity index (χ2v) is 6.03. The van der Waals surface area contributed by atoms with E-state index in [1.807, 2.05) is 6.07 Å². The molecule has 0 saturated carbocycles. The fourth-order valence-electron chi connectivity index (χ4n) is 2.42. The largest absolute Gasteiger partial charge is 0.389 e. The predicted molar refractivity (Wildman–Crippen MR) is 94.8 cm³/mol. The molecule has 0 amide bonds. The molecule has 2 rings (SSSR count). The highest BCUT2D eigenvalue weighted by Gasteiger charge is 2.16. The maximum atomic E-state index is 5.92. The number of nitrogens with two attached hydrogens (primary N) is 1. The quantitative estimate of drug-likeness (QED) is 0.845. The van der Waals surface area contributed by atoms with Crippen molar-refractivity contribution in [1.29, 1.82) is 0 Å². The van der Waals surface area contributed by atoms with Gasteiger partial charge in [-0.15, -0.1) is 0 Å². The minimum Gasteiger partial charge on any atom is -0.389 e. The molecule has 3 heteroatoms. The van der Waals surface area contributed by atoms with Gasteiger partial charge in [-0.3, -0.25) is 0 Å². The first-order valence-corrected chi connectivity index (χ1v) is 7.61. The normalized spacial score (nSPS) is 10.7. The molecular formula is C18H22N2S. The monoisotopic (exact) mass is 298 g/mol. The highest BCUT2D eigenvalue weighted by Crippen LogP contribution is 2.26. The Morgan fingerprint density at radius 1 is 1.14 bits per heavy atom. The molecule has 110 valence electrons. The average Bonchev–Trinajstić information content (AvgIpc) is 2.46. The summed E-state index contributed by atoms with van der Waals surface area (Å²) in [6.07, 6.45) is 0. The number of rotatable bonds is 5. The lowest BCUT2D eigenvalue weighted by molar-refractivity contribution is 0.682. The highest BCUT2D eigenvalue weighted by atomic mass is 32.1. The Kier molecular flexibility index (Phi) is 4.97. The Hall–Kier alpha value is -1.87. The van der Waals surface area contributed by atoms with E-state index < -0.39 is 0 Å². The van der Waals surface area contributed by atoms with Gasteiger partial charge in [0.25, 0.3) is 0 Å². The van der Waals surface area contributed by atoms with Crippen LogP contribution in [0, 0.1) is 6.92 Å². The minimum atomic E-state index is 0.362. The van der Waals surface area contributed by atoms with Crippen LogP contribution in [-0.2, 0) is 6.54 Å². The summed E-state index contributed by atoms with van der Waals surface area (Å²) in [6.45, 7) is 7.28. The minimum absolute atomic E-state index is 0.362. The third-order valence-electron chi connectivity index (χ3n) is 3.55. The van der Waals surface area contributed by atoms with Crippen LogP contribution in [0.2, 0.25) is 0 Å². The van der Waals surface area contributed by atoms with Crippen LogP contribution in [0.3, 0.4) is 0 Å². The zero-order valence-corrected chi connectivity index (χ0v) is 13.7. The van der Waals surface area contributed by atoms with E-state index in [0.29, 0.717) is 11.0 Å². The Balaban J connectivity index is 2.41. The summed E-state index contributed by atoms with van der Waals surface area (Å²) >= 11 is 5.23. The van der Waals surface area contributed by atoms with E-state index in [-0.39, 0.29) is 0 Å². The van der Waals surface area contributed by atoms with Crippen LogP contribution in [0.15, 0.2) is 48.5 Å². The molecule has 0 unspecified atom stereocenters. The van der Waals surface area contributed by atoms with Crippen molar-refractivity contribution >= 4 is 22.9 Å². The molecule has 0 aromatic heterocycles. The highest BCUT2D eigenvalue weighted by molar-refractivity contribution is 7.80. The lowest BCUT2D eigenvalue weighted by Gasteiger charge is -2.31. The van der Waals surface area contributed by atoms with Crippen LogP contribution in [0.4, 0.5) is 5.69 Å². The molecule has 0 heterocycles. The van der Waals surface area contributed by atoms with Crippen LogP contribution in [0.5, 0.6) is 0 Å². The average molecular weight is 298 g/mol. The molecule has 0 bridgehead atoms. The van der Waals surface area contributed by atoms with E-state index in [9.17, 15) is 0 Å². The van der Waals surface area contributed by atoms with Gasteiger partial charge < -0.3 is 10.6 Å². The molecule has 2 N–H and O–H groups in total. The molecule has 2 nitrogen and oxygen atoms in total. The lowest BCUT2D eigenvalue weighted by atomic mass is 10.1. The van der Waals surface area contributed by atoms with Crippen LogP contribution in [-0.4, -0.2) is 11.0 Å². The second kappa shape index (κ2) is 6.72. The second-order valence-electron chi connectivity index (χ2n) is 5.59. The summed E-state index contributed by atoms with van der Waals surface area (Å²) < 4.78 is 0. The lowest BCUT2D eigenvalue weighted by Crippen LogP contribution is -2.32. The Labute approximate surface area is 132 Å². The fraction of sp³-hybridized carbons (Fsp3) is 0.278. The molecule has 0 atom stereocenters. The number of aryl methyl sites for hydroxylation is 1. The van der Waals surface area contributed by atoms with E-state index in [4.69, 9.17) is 18.0 Å². The van der Waals surface area contributed by atoms with Gasteiger partial charge in [0.1, 0.15) is 4.99 Å². The number of hydrogen-bond donors (Lipinski definition) is 1. The van der Waals surface area contributed by atoms with Gasteiger partial charge in [0.15, 0.2) is 0 Å². The first-order valence-electron chi connectivity index (χ1n) is 7.20. The molecule has 2 aromatic carbocycles. The number of nitrogens with zero attached hydrogens (tertiary/aromatic N) is 1. The Bertz CT molecular complexity index is 620. The molecule has 0 aliphatic carbocycles. The van der Waals surface area contributed by atoms with Gasteiger partial charge in [0.2, 0.25) is 0 Å². The predicted octanol–water partition coefficient (Wildman–Crippen LogP) is 4.04. The Morgan fingerprint density at radius 3 is 2.38 bits per heavy atom. The molecule has 0 aliphatic rings. The SMILES string of the molecule is Cc1ccc(N(Cc2ccccc2)C(C)C)c(C(N)=S)c1. The standard InChI is InChI=1S/C18H22N2S/c1-13(2)20(12-15-7-5-4-6-8-15)17-10-9-14(3)11-16(17)18(19)21/h4-11,13H,12H2,1-3H3,(H2,19,21). The van der Waals surface area contributed by atoms with Crippen molar-refractivity contribution in [3.8, 4) is 0 Å². The zero-order chi connectivity index (χ0) is 15.4. The maximum absolute atomic E-state index is 5.92. The zero-order valence-electron chi connectivity index (χ0n) is 12.8. The summed E-state index contributed by atoms with van der Waals surface area (Å²) in [5, 5.41) is 0. The number of thiocarbonyl (C=S) groups is 1. The first kappa shape index (κ1) is 15.5. The Morgan fingerprint density at radius 2 is 1.81 bits per heavy atom. The van der Waals surface area contributed by atoms with Crippen LogP contribution < -0.4 is 10.6 Å². The van der Waals surface area contributed by atoms with Crippen LogP contribution >= 0.6 is 12.2 Å². The first-order chi connectivity index (χ1) is 9.99. The van der Waals surface area contributed by atoms with Crippen molar-refractivity contribution in [1.82, 2.24) is 0 Å². The van der Waals surface area contributed by atoms with Crippen LogP contribution in [0.25, 0.3) is 0 Å². The van der Waals surface area contributed by atoms with Crippen molar-refractivity contribution in [2.24, 2.45) is 5.73 Å². The number of benzene rings is 2. The third kappa shape index (κ3) is 3.82. The summed E-state index contributed by atoms with van der Waals surface area (Å²) in [5.74, 6) is 0. The molecule has 0 aliphatic heterocycles. The van der Waals surface area contributed by atoms with Crippen molar-refractivity contribution in [2.45, 2.75) is 33.4 Å². The van der Waals surface area contributed by atoms with Gasteiger partial charge >= 0.3 is 0 Å². The summed E-state index contributed by atoms with van der Waals surface area (Å²) in [4.78, 5) is 2.79. The van der Waals surface area contributed by atoms with Gasteiger partial charge in [-0.05, 0) is 38.5 Å². The maximum Gasteiger partial charge on any atom is 0.106 e. The van der Waals surface area contributed by atoms with E-state index in [1.165, 1.54) is 11.1 Å². The van der Waals surface area contributed by atoms with E-state index in [2.05, 4.69) is 68.1 Å². The topological polar surface area (TPSA) is 29.3 Å². The molecular weight excluding hydrogens is 276 g/mol. The smallest absolute Gasteiger partial charge is 0.106 e. The molecule has 21 heavy (non-hydrogen) atoms. The van der Waals surface area contributed by atoms with E-state index >= 15 is 0 Å². The van der Waals surface area contributed by atoms with Crippen LogP contribution in [0.1, 0.15) is 30.5 Å². The van der Waals surface area contributed by atoms with Crippen molar-refractivity contribution in [2.75, 3.05) is 4.90 Å². The van der Waals surface area contributed by atoms with Gasteiger partial charge in [0, 0.05) is 23.8 Å². The molecule has 0 saturated heterocycles.